The number of rotatable bonds is 8. The summed E-state index contributed by atoms with van der Waals surface area (Å²) in [5.41, 5.74) is 4.07. The van der Waals surface area contributed by atoms with Crippen LogP contribution in [0.1, 0.15) is 60.3 Å². The number of aromatic nitrogens is 1. The standard InChI is InChI=1S/C28H39N5O3/c1-4-33(5-2)28(36)22-9-7-15-32(18-22)19-23-11-12-24(27(35)30-23)26(34)29-17-20-10-13-25-21(16-20)8-6-14-31(25)3/h10-13,16,22H,4-9,14-15,17-19H2,1-3H3,(H,29,34)(H,30,35)/t22-/m1/s1. The minimum absolute atomic E-state index is 0.000540. The average molecular weight is 494 g/mol. The van der Waals surface area contributed by atoms with E-state index in [1.54, 1.807) is 12.1 Å². The van der Waals surface area contributed by atoms with Crippen LogP contribution in [0, 0.1) is 5.92 Å². The largest absolute Gasteiger partial charge is 0.374 e. The van der Waals surface area contributed by atoms with Gasteiger partial charge in [-0.25, -0.2) is 0 Å². The molecule has 194 valence electrons. The Labute approximate surface area is 213 Å². The number of piperidine rings is 1. The Balaban J connectivity index is 1.34. The Morgan fingerprint density at radius 3 is 2.67 bits per heavy atom. The molecule has 2 N–H and O–H groups in total. The van der Waals surface area contributed by atoms with Gasteiger partial charge < -0.3 is 20.1 Å². The lowest BCUT2D eigenvalue weighted by molar-refractivity contribution is -0.137. The van der Waals surface area contributed by atoms with Gasteiger partial charge in [0.15, 0.2) is 0 Å². The van der Waals surface area contributed by atoms with Crippen LogP contribution in [-0.2, 0) is 24.3 Å². The van der Waals surface area contributed by atoms with Crippen LogP contribution < -0.4 is 15.8 Å². The Morgan fingerprint density at radius 2 is 1.92 bits per heavy atom. The molecule has 0 bridgehead atoms. The normalized spacial score (nSPS) is 18.0. The van der Waals surface area contributed by atoms with Crippen molar-refractivity contribution in [2.75, 3.05) is 44.7 Å². The smallest absolute Gasteiger partial charge is 0.261 e. The van der Waals surface area contributed by atoms with Gasteiger partial charge in [-0.3, -0.25) is 19.3 Å². The maximum Gasteiger partial charge on any atom is 0.261 e. The summed E-state index contributed by atoms with van der Waals surface area (Å²) < 4.78 is 0. The average Bonchev–Trinajstić information content (AvgIpc) is 2.88. The van der Waals surface area contributed by atoms with Gasteiger partial charge in [-0.05, 0) is 75.4 Å². The molecular weight excluding hydrogens is 454 g/mol. The van der Waals surface area contributed by atoms with Gasteiger partial charge in [0, 0.05) is 57.7 Å². The van der Waals surface area contributed by atoms with Crippen molar-refractivity contribution in [1.82, 2.24) is 20.1 Å². The molecule has 1 saturated heterocycles. The molecule has 0 aliphatic carbocycles. The first-order chi connectivity index (χ1) is 17.4. The maximum absolute atomic E-state index is 12.8. The lowest BCUT2D eigenvalue weighted by Crippen LogP contribution is -2.44. The van der Waals surface area contributed by atoms with Crippen LogP contribution in [0.2, 0.25) is 0 Å². The quantitative estimate of drug-likeness (QED) is 0.590. The lowest BCUT2D eigenvalue weighted by Gasteiger charge is -2.34. The van der Waals surface area contributed by atoms with Gasteiger partial charge in [-0.2, -0.15) is 0 Å². The minimum Gasteiger partial charge on any atom is -0.374 e. The van der Waals surface area contributed by atoms with Crippen LogP contribution in [0.3, 0.4) is 0 Å². The van der Waals surface area contributed by atoms with Gasteiger partial charge in [0.25, 0.3) is 11.5 Å². The molecule has 2 aliphatic heterocycles. The fourth-order valence-corrected chi connectivity index (χ4v) is 5.45. The molecule has 1 aromatic carbocycles. The van der Waals surface area contributed by atoms with Crippen LogP contribution in [0.15, 0.2) is 35.1 Å². The van der Waals surface area contributed by atoms with E-state index in [1.165, 1.54) is 11.3 Å². The molecule has 1 fully saturated rings. The summed E-state index contributed by atoms with van der Waals surface area (Å²) in [6.07, 6.45) is 4.04. The Morgan fingerprint density at radius 1 is 1.11 bits per heavy atom. The number of hydrogen-bond donors (Lipinski definition) is 2. The molecule has 3 heterocycles. The number of aromatic amines is 1. The van der Waals surface area contributed by atoms with Crippen molar-refractivity contribution in [2.45, 2.75) is 52.6 Å². The summed E-state index contributed by atoms with van der Waals surface area (Å²) in [7, 11) is 2.10. The number of anilines is 1. The monoisotopic (exact) mass is 493 g/mol. The number of fused-ring (bicyclic) bond motifs is 1. The van der Waals surface area contributed by atoms with Gasteiger partial charge in [0.05, 0.1) is 5.92 Å². The molecule has 1 atom stereocenters. The zero-order chi connectivity index (χ0) is 25.7. The number of hydrogen-bond acceptors (Lipinski definition) is 5. The topological polar surface area (TPSA) is 88.8 Å². The highest BCUT2D eigenvalue weighted by molar-refractivity contribution is 5.93. The molecule has 0 saturated carbocycles. The number of amides is 2. The molecule has 0 radical (unpaired) electrons. The van der Waals surface area contributed by atoms with Gasteiger partial charge in [0.1, 0.15) is 5.56 Å². The molecule has 2 amide bonds. The van der Waals surface area contributed by atoms with E-state index in [0.717, 1.165) is 63.1 Å². The van der Waals surface area contributed by atoms with Crippen LogP contribution >= 0.6 is 0 Å². The van der Waals surface area contributed by atoms with Crippen molar-refractivity contribution in [2.24, 2.45) is 5.92 Å². The molecule has 36 heavy (non-hydrogen) atoms. The number of benzene rings is 1. The van der Waals surface area contributed by atoms with Crippen LogP contribution in [0.25, 0.3) is 0 Å². The zero-order valence-corrected chi connectivity index (χ0v) is 21.8. The van der Waals surface area contributed by atoms with Crippen molar-refractivity contribution in [3.8, 4) is 0 Å². The number of likely N-dealkylation sites (tertiary alicyclic amines) is 1. The SMILES string of the molecule is CCN(CC)C(=O)[C@@H]1CCCN(Cc2ccc(C(=O)NCc3ccc4c(c3)CCCN4C)c(=O)[nH]2)C1. The number of carbonyl (C=O) groups excluding carboxylic acids is 2. The maximum atomic E-state index is 12.8. The van der Waals surface area contributed by atoms with Crippen molar-refractivity contribution in [1.29, 1.82) is 0 Å². The minimum atomic E-state index is -0.384. The number of nitrogens with zero attached hydrogens (tertiary/aromatic N) is 3. The molecule has 4 rings (SSSR count). The highest BCUT2D eigenvalue weighted by atomic mass is 16.2. The number of nitrogens with one attached hydrogen (secondary N) is 2. The first-order valence-corrected chi connectivity index (χ1v) is 13.2. The number of aryl methyl sites for hydroxylation is 1. The second-order valence-corrected chi connectivity index (χ2v) is 9.98. The van der Waals surface area contributed by atoms with Crippen LogP contribution in [0.5, 0.6) is 0 Å². The first kappa shape index (κ1) is 25.9. The third-order valence-electron chi connectivity index (χ3n) is 7.49. The van der Waals surface area contributed by atoms with Crippen LogP contribution in [0.4, 0.5) is 5.69 Å². The van der Waals surface area contributed by atoms with E-state index < -0.39 is 0 Å². The number of pyridine rings is 1. The third kappa shape index (κ3) is 5.98. The van der Waals surface area contributed by atoms with E-state index in [4.69, 9.17) is 0 Å². The summed E-state index contributed by atoms with van der Waals surface area (Å²) in [4.78, 5) is 47.5. The van der Waals surface area contributed by atoms with Crippen molar-refractivity contribution < 1.29 is 9.59 Å². The Bertz CT molecular complexity index is 1140. The van der Waals surface area contributed by atoms with Gasteiger partial charge >= 0.3 is 0 Å². The molecule has 2 aliphatic rings. The van der Waals surface area contributed by atoms with E-state index >= 15 is 0 Å². The van der Waals surface area contributed by atoms with E-state index in [-0.39, 0.29) is 28.9 Å². The highest BCUT2D eigenvalue weighted by Crippen LogP contribution is 2.26. The summed E-state index contributed by atoms with van der Waals surface area (Å²) in [6, 6.07) is 9.70. The number of H-pyrrole nitrogens is 1. The predicted molar refractivity (Wildman–Crippen MR) is 142 cm³/mol. The Hall–Kier alpha value is -3.13. The second kappa shape index (κ2) is 11.7. The van der Waals surface area contributed by atoms with E-state index in [2.05, 4.69) is 39.3 Å². The van der Waals surface area contributed by atoms with E-state index in [1.807, 2.05) is 24.8 Å². The number of carbonyl (C=O) groups is 2. The third-order valence-corrected chi connectivity index (χ3v) is 7.49. The van der Waals surface area contributed by atoms with Crippen molar-refractivity contribution in [3.63, 3.8) is 0 Å². The molecular formula is C28H39N5O3. The molecule has 8 heteroatoms. The van der Waals surface area contributed by atoms with E-state index in [9.17, 15) is 14.4 Å². The molecule has 0 spiro atoms. The van der Waals surface area contributed by atoms with Crippen LogP contribution in [-0.4, -0.2) is 66.4 Å². The highest BCUT2D eigenvalue weighted by Gasteiger charge is 2.28. The Kier molecular flexibility index (Phi) is 8.46. The van der Waals surface area contributed by atoms with Crippen molar-refractivity contribution in [3.05, 3.63) is 63.1 Å². The second-order valence-electron chi connectivity index (χ2n) is 9.98. The fourth-order valence-electron chi connectivity index (χ4n) is 5.45. The summed E-state index contributed by atoms with van der Waals surface area (Å²) in [5.74, 6) is -0.156. The predicted octanol–water partition coefficient (Wildman–Crippen LogP) is 2.77. The molecule has 0 unspecified atom stereocenters. The lowest BCUT2D eigenvalue weighted by atomic mass is 9.96. The fraction of sp³-hybridized carbons (Fsp3) is 0.536. The van der Waals surface area contributed by atoms with Gasteiger partial charge in [-0.1, -0.05) is 12.1 Å². The zero-order valence-electron chi connectivity index (χ0n) is 21.8. The summed E-state index contributed by atoms with van der Waals surface area (Å²) in [5, 5.41) is 2.89. The molecule has 2 aromatic rings. The van der Waals surface area contributed by atoms with E-state index in [0.29, 0.717) is 19.6 Å². The first-order valence-electron chi connectivity index (χ1n) is 13.2. The molecule has 8 nitrogen and oxygen atoms in total. The summed E-state index contributed by atoms with van der Waals surface area (Å²) >= 11 is 0. The summed E-state index contributed by atoms with van der Waals surface area (Å²) in [6.45, 7) is 9.06. The van der Waals surface area contributed by atoms with Gasteiger partial charge in [0.2, 0.25) is 5.91 Å². The van der Waals surface area contributed by atoms with Crippen molar-refractivity contribution >= 4 is 17.5 Å². The van der Waals surface area contributed by atoms with Gasteiger partial charge in [-0.15, -0.1) is 0 Å². The molecule has 1 aromatic heterocycles.